The van der Waals surface area contributed by atoms with Gasteiger partial charge < -0.3 is 4.74 Å². The van der Waals surface area contributed by atoms with Crippen molar-refractivity contribution >= 4 is 11.6 Å². The standard InChI is InChI=1S/C18H21ClO/c1-5-20-16-9-7-6-8-15(16)18(19)17-13(3)10-12(2)11-14(17)4/h6-11,18H,5H2,1-4H3. The Hall–Kier alpha value is -1.47. The molecule has 2 rings (SSSR count). The average molecular weight is 289 g/mol. The second kappa shape index (κ2) is 6.32. The lowest BCUT2D eigenvalue weighted by Gasteiger charge is -2.19. The number of rotatable bonds is 4. The average Bonchev–Trinajstić information content (AvgIpc) is 2.38. The number of alkyl halides is 1. The van der Waals surface area contributed by atoms with E-state index in [0.717, 1.165) is 11.3 Å². The lowest BCUT2D eigenvalue weighted by atomic mass is 9.93. The molecule has 0 amide bonds. The minimum atomic E-state index is -0.182. The number of benzene rings is 2. The Kier molecular flexibility index (Phi) is 4.72. The predicted molar refractivity (Wildman–Crippen MR) is 86.0 cm³/mol. The van der Waals surface area contributed by atoms with Crippen LogP contribution in [0.2, 0.25) is 0 Å². The zero-order chi connectivity index (χ0) is 14.7. The summed E-state index contributed by atoms with van der Waals surface area (Å²) in [6, 6.07) is 12.4. The third-order valence-corrected chi connectivity index (χ3v) is 3.94. The summed E-state index contributed by atoms with van der Waals surface area (Å²) in [6.45, 7) is 8.98. The Bertz CT molecular complexity index is 581. The molecule has 0 fully saturated rings. The van der Waals surface area contributed by atoms with E-state index in [1.807, 2.05) is 31.2 Å². The molecule has 0 aliphatic rings. The van der Waals surface area contributed by atoms with Crippen LogP contribution in [0, 0.1) is 20.8 Å². The fraction of sp³-hybridized carbons (Fsp3) is 0.333. The van der Waals surface area contributed by atoms with Crippen LogP contribution in [0.5, 0.6) is 5.75 Å². The molecule has 0 spiro atoms. The monoisotopic (exact) mass is 288 g/mol. The summed E-state index contributed by atoms with van der Waals surface area (Å²) in [5, 5.41) is -0.182. The van der Waals surface area contributed by atoms with Crippen molar-refractivity contribution < 1.29 is 4.74 Å². The molecule has 0 aromatic heterocycles. The first-order chi connectivity index (χ1) is 9.54. The Morgan fingerprint density at radius 3 is 2.25 bits per heavy atom. The molecule has 1 nitrogen and oxygen atoms in total. The summed E-state index contributed by atoms with van der Waals surface area (Å²) >= 11 is 6.76. The molecule has 0 aliphatic heterocycles. The zero-order valence-electron chi connectivity index (χ0n) is 12.5. The van der Waals surface area contributed by atoms with E-state index in [9.17, 15) is 0 Å². The molecule has 0 saturated heterocycles. The van der Waals surface area contributed by atoms with Crippen LogP contribution in [0.4, 0.5) is 0 Å². The number of para-hydroxylation sites is 1. The topological polar surface area (TPSA) is 9.23 Å². The van der Waals surface area contributed by atoms with E-state index in [0.29, 0.717) is 6.61 Å². The fourth-order valence-corrected chi connectivity index (χ4v) is 3.25. The quantitative estimate of drug-likeness (QED) is 0.690. The van der Waals surface area contributed by atoms with Crippen molar-refractivity contribution in [2.24, 2.45) is 0 Å². The number of hydrogen-bond acceptors (Lipinski definition) is 1. The maximum atomic E-state index is 6.76. The number of aryl methyl sites for hydroxylation is 3. The SMILES string of the molecule is CCOc1ccccc1C(Cl)c1c(C)cc(C)cc1C. The van der Waals surface area contributed by atoms with Gasteiger partial charge in [-0.3, -0.25) is 0 Å². The van der Waals surface area contributed by atoms with Gasteiger partial charge in [0, 0.05) is 5.56 Å². The molecule has 106 valence electrons. The number of halogens is 1. The van der Waals surface area contributed by atoms with Crippen LogP contribution in [0.25, 0.3) is 0 Å². The molecular weight excluding hydrogens is 268 g/mol. The van der Waals surface area contributed by atoms with Crippen LogP contribution in [0.1, 0.15) is 40.1 Å². The van der Waals surface area contributed by atoms with Gasteiger partial charge in [0.2, 0.25) is 0 Å². The van der Waals surface area contributed by atoms with E-state index in [4.69, 9.17) is 16.3 Å². The van der Waals surface area contributed by atoms with Gasteiger partial charge >= 0.3 is 0 Å². The molecule has 0 saturated carbocycles. The van der Waals surface area contributed by atoms with Gasteiger partial charge in [0.25, 0.3) is 0 Å². The summed E-state index contributed by atoms with van der Waals surface area (Å²) in [4.78, 5) is 0. The highest BCUT2D eigenvalue weighted by Crippen LogP contribution is 2.38. The minimum absolute atomic E-state index is 0.182. The van der Waals surface area contributed by atoms with Gasteiger partial charge in [-0.1, -0.05) is 35.9 Å². The Morgan fingerprint density at radius 2 is 1.65 bits per heavy atom. The maximum Gasteiger partial charge on any atom is 0.124 e. The van der Waals surface area contributed by atoms with Gasteiger partial charge in [0.15, 0.2) is 0 Å². The lowest BCUT2D eigenvalue weighted by Crippen LogP contribution is -2.03. The van der Waals surface area contributed by atoms with Crippen LogP contribution < -0.4 is 4.74 Å². The van der Waals surface area contributed by atoms with Crippen molar-refractivity contribution in [1.29, 1.82) is 0 Å². The van der Waals surface area contributed by atoms with Gasteiger partial charge in [-0.2, -0.15) is 0 Å². The molecule has 0 aliphatic carbocycles. The third-order valence-electron chi connectivity index (χ3n) is 3.48. The second-order valence-corrected chi connectivity index (χ2v) is 5.58. The van der Waals surface area contributed by atoms with E-state index in [1.165, 1.54) is 22.3 Å². The number of ether oxygens (including phenoxy) is 1. The van der Waals surface area contributed by atoms with Gasteiger partial charge in [0.05, 0.1) is 12.0 Å². The molecule has 1 atom stereocenters. The van der Waals surface area contributed by atoms with Crippen LogP contribution >= 0.6 is 11.6 Å². The Labute approximate surface area is 126 Å². The molecule has 0 radical (unpaired) electrons. The molecule has 1 unspecified atom stereocenters. The first-order valence-corrected chi connectivity index (χ1v) is 7.41. The molecule has 2 aromatic carbocycles. The first kappa shape index (κ1) is 14.9. The highest BCUT2D eigenvalue weighted by molar-refractivity contribution is 6.23. The molecule has 2 heteroatoms. The molecular formula is C18H21ClO. The molecule has 20 heavy (non-hydrogen) atoms. The molecule has 0 heterocycles. The molecule has 0 bridgehead atoms. The van der Waals surface area contributed by atoms with Gasteiger partial charge in [-0.15, -0.1) is 11.6 Å². The predicted octanol–water partition coefficient (Wildman–Crippen LogP) is 5.34. The lowest BCUT2D eigenvalue weighted by molar-refractivity contribution is 0.337. The Balaban J connectivity index is 2.49. The van der Waals surface area contributed by atoms with Crippen molar-refractivity contribution in [3.05, 3.63) is 64.2 Å². The van der Waals surface area contributed by atoms with Crippen LogP contribution in [0.15, 0.2) is 36.4 Å². The smallest absolute Gasteiger partial charge is 0.124 e. The van der Waals surface area contributed by atoms with E-state index >= 15 is 0 Å². The van der Waals surface area contributed by atoms with Crippen molar-refractivity contribution in [2.45, 2.75) is 33.1 Å². The minimum Gasteiger partial charge on any atom is -0.494 e. The van der Waals surface area contributed by atoms with E-state index in [2.05, 4.69) is 32.9 Å². The van der Waals surface area contributed by atoms with Crippen molar-refractivity contribution in [2.75, 3.05) is 6.61 Å². The van der Waals surface area contributed by atoms with Gasteiger partial charge in [-0.25, -0.2) is 0 Å². The van der Waals surface area contributed by atoms with Crippen LogP contribution in [0.3, 0.4) is 0 Å². The number of hydrogen-bond donors (Lipinski definition) is 0. The third kappa shape index (κ3) is 2.99. The van der Waals surface area contributed by atoms with E-state index in [-0.39, 0.29) is 5.38 Å². The summed E-state index contributed by atoms with van der Waals surface area (Å²) in [5.41, 5.74) is 5.95. The molecule has 2 aromatic rings. The normalized spacial score (nSPS) is 12.2. The summed E-state index contributed by atoms with van der Waals surface area (Å²) < 4.78 is 5.70. The highest BCUT2D eigenvalue weighted by Gasteiger charge is 2.19. The largest absolute Gasteiger partial charge is 0.494 e. The van der Waals surface area contributed by atoms with Gasteiger partial charge in [0.1, 0.15) is 5.75 Å². The maximum absolute atomic E-state index is 6.76. The zero-order valence-corrected chi connectivity index (χ0v) is 13.3. The van der Waals surface area contributed by atoms with Crippen molar-refractivity contribution in [1.82, 2.24) is 0 Å². The molecule has 0 N–H and O–H groups in total. The van der Waals surface area contributed by atoms with Gasteiger partial charge in [-0.05, 0) is 50.5 Å². The first-order valence-electron chi connectivity index (χ1n) is 6.98. The summed E-state index contributed by atoms with van der Waals surface area (Å²) in [6.07, 6.45) is 0. The van der Waals surface area contributed by atoms with E-state index in [1.54, 1.807) is 0 Å². The fourth-order valence-electron chi connectivity index (χ4n) is 2.72. The van der Waals surface area contributed by atoms with Crippen molar-refractivity contribution in [3.8, 4) is 5.75 Å². The Morgan fingerprint density at radius 1 is 1.05 bits per heavy atom. The van der Waals surface area contributed by atoms with E-state index < -0.39 is 0 Å². The second-order valence-electron chi connectivity index (χ2n) is 5.15. The summed E-state index contributed by atoms with van der Waals surface area (Å²) in [7, 11) is 0. The highest BCUT2D eigenvalue weighted by atomic mass is 35.5. The summed E-state index contributed by atoms with van der Waals surface area (Å²) in [5.74, 6) is 0.870. The van der Waals surface area contributed by atoms with Crippen molar-refractivity contribution in [3.63, 3.8) is 0 Å². The van der Waals surface area contributed by atoms with Crippen LogP contribution in [-0.2, 0) is 0 Å². The van der Waals surface area contributed by atoms with Crippen LogP contribution in [-0.4, -0.2) is 6.61 Å².